The molecule has 142 valence electrons. The Kier molecular flexibility index (Phi) is 9.06. The third-order valence-corrected chi connectivity index (χ3v) is 5.16. The summed E-state index contributed by atoms with van der Waals surface area (Å²) in [7, 11) is 0. The quantitative estimate of drug-likeness (QED) is 0.404. The summed E-state index contributed by atoms with van der Waals surface area (Å²) in [5, 5.41) is 4.64. The molecule has 0 spiro atoms. The van der Waals surface area contributed by atoms with Crippen molar-refractivity contribution in [1.82, 2.24) is 5.32 Å². The van der Waals surface area contributed by atoms with Gasteiger partial charge in [0.15, 0.2) is 11.5 Å². The number of halogens is 3. The molecule has 2 aromatic rings. The number of benzene rings is 2. The summed E-state index contributed by atoms with van der Waals surface area (Å²) < 4.78 is 12.7. The maximum atomic E-state index is 6.22. The van der Waals surface area contributed by atoms with E-state index in [0.29, 0.717) is 29.0 Å². The summed E-state index contributed by atoms with van der Waals surface area (Å²) >= 11 is 15.8. The highest BCUT2D eigenvalue weighted by atomic mass is 79.9. The fraction of sp³-hybridized carbons (Fsp3) is 0.400. The van der Waals surface area contributed by atoms with E-state index in [1.807, 2.05) is 25.1 Å². The Bertz CT molecular complexity index is 725. The van der Waals surface area contributed by atoms with Crippen LogP contribution in [0.25, 0.3) is 0 Å². The van der Waals surface area contributed by atoms with Gasteiger partial charge in [-0.2, -0.15) is 0 Å². The molecule has 1 N–H and O–H groups in total. The molecule has 0 unspecified atom stereocenters. The Labute approximate surface area is 174 Å². The van der Waals surface area contributed by atoms with E-state index in [9.17, 15) is 0 Å². The fourth-order valence-corrected chi connectivity index (χ4v) is 3.34. The maximum absolute atomic E-state index is 6.22. The van der Waals surface area contributed by atoms with Crippen molar-refractivity contribution in [2.75, 3.05) is 13.2 Å². The second kappa shape index (κ2) is 11.0. The predicted octanol–water partition coefficient (Wildman–Crippen LogP) is 6.62. The lowest BCUT2D eigenvalue weighted by Gasteiger charge is -2.16. The minimum atomic E-state index is 0.344. The first-order valence-corrected chi connectivity index (χ1v) is 10.3. The summed E-state index contributed by atoms with van der Waals surface area (Å²) in [6.45, 7) is 6.84. The predicted molar refractivity (Wildman–Crippen MR) is 113 cm³/mol. The van der Waals surface area contributed by atoms with Crippen LogP contribution < -0.4 is 14.8 Å². The van der Waals surface area contributed by atoms with E-state index in [1.165, 1.54) is 12.8 Å². The fourth-order valence-electron chi connectivity index (χ4n) is 2.41. The van der Waals surface area contributed by atoms with Gasteiger partial charge >= 0.3 is 0 Å². The average molecular weight is 461 g/mol. The third-order valence-electron chi connectivity index (χ3n) is 3.83. The molecule has 0 aromatic heterocycles. The lowest BCUT2D eigenvalue weighted by molar-refractivity contribution is 0.269. The van der Waals surface area contributed by atoms with Gasteiger partial charge in [0.2, 0.25) is 0 Å². The van der Waals surface area contributed by atoms with E-state index < -0.39 is 0 Å². The molecule has 0 aliphatic heterocycles. The van der Waals surface area contributed by atoms with Crippen molar-refractivity contribution in [1.29, 1.82) is 0 Å². The molecular formula is C20H24BrCl2NO2. The monoisotopic (exact) mass is 459 g/mol. The Morgan fingerprint density at radius 1 is 1.00 bits per heavy atom. The smallest absolute Gasteiger partial charge is 0.162 e. The van der Waals surface area contributed by atoms with Crippen LogP contribution in [0.15, 0.2) is 34.8 Å². The molecule has 0 heterocycles. The summed E-state index contributed by atoms with van der Waals surface area (Å²) in [5.41, 5.74) is 2.02. The summed E-state index contributed by atoms with van der Waals surface area (Å²) in [6.07, 6.45) is 2.34. The van der Waals surface area contributed by atoms with Crippen molar-refractivity contribution < 1.29 is 9.47 Å². The van der Waals surface area contributed by atoms with Crippen molar-refractivity contribution >= 4 is 39.1 Å². The molecule has 0 fully saturated rings. The highest BCUT2D eigenvalue weighted by Crippen LogP contribution is 2.35. The van der Waals surface area contributed by atoms with Crippen LogP contribution in [-0.4, -0.2) is 13.2 Å². The van der Waals surface area contributed by atoms with Crippen molar-refractivity contribution in [3.05, 3.63) is 56.0 Å². The van der Waals surface area contributed by atoms with Crippen molar-refractivity contribution in [2.24, 2.45) is 0 Å². The number of nitrogens with one attached hydrogen (secondary N) is 1. The number of hydrogen-bond donors (Lipinski definition) is 1. The second-order valence-corrected chi connectivity index (χ2v) is 7.58. The molecule has 0 bridgehead atoms. The van der Waals surface area contributed by atoms with E-state index in [4.69, 9.17) is 32.7 Å². The highest BCUT2D eigenvalue weighted by Gasteiger charge is 2.12. The van der Waals surface area contributed by atoms with Gasteiger partial charge in [0.25, 0.3) is 0 Å². The minimum Gasteiger partial charge on any atom is -0.490 e. The zero-order chi connectivity index (χ0) is 18.9. The van der Waals surface area contributed by atoms with E-state index in [2.05, 4.69) is 28.2 Å². The number of ether oxygens (including phenoxy) is 2. The molecule has 2 aromatic carbocycles. The van der Waals surface area contributed by atoms with Gasteiger partial charge in [-0.3, -0.25) is 0 Å². The van der Waals surface area contributed by atoms with Crippen molar-refractivity contribution in [3.63, 3.8) is 0 Å². The molecule has 0 radical (unpaired) electrons. The van der Waals surface area contributed by atoms with Crippen LogP contribution >= 0.6 is 39.1 Å². The Balaban J connectivity index is 2.12. The zero-order valence-corrected chi connectivity index (χ0v) is 18.2. The van der Waals surface area contributed by atoms with Gasteiger partial charge < -0.3 is 14.8 Å². The lowest BCUT2D eigenvalue weighted by Crippen LogP contribution is -2.15. The lowest BCUT2D eigenvalue weighted by atomic mass is 10.2. The molecule has 0 saturated heterocycles. The summed E-state index contributed by atoms with van der Waals surface area (Å²) in [4.78, 5) is 0. The van der Waals surface area contributed by atoms with Crippen LogP contribution in [0.1, 0.15) is 37.8 Å². The molecule has 0 aliphatic carbocycles. The van der Waals surface area contributed by atoms with Crippen LogP contribution in [0.3, 0.4) is 0 Å². The molecule has 0 amide bonds. The normalized spacial score (nSPS) is 10.8. The van der Waals surface area contributed by atoms with Gasteiger partial charge in [-0.25, -0.2) is 0 Å². The number of hydrogen-bond acceptors (Lipinski definition) is 3. The molecule has 6 heteroatoms. The third kappa shape index (κ3) is 6.34. The largest absolute Gasteiger partial charge is 0.490 e. The van der Waals surface area contributed by atoms with Gasteiger partial charge in [-0.05, 0) is 49.7 Å². The highest BCUT2D eigenvalue weighted by molar-refractivity contribution is 9.10. The molecular weight excluding hydrogens is 437 g/mol. The minimum absolute atomic E-state index is 0.344. The second-order valence-electron chi connectivity index (χ2n) is 5.88. The van der Waals surface area contributed by atoms with Crippen LogP contribution in [-0.2, 0) is 13.2 Å². The van der Waals surface area contributed by atoms with Crippen LogP contribution in [0.2, 0.25) is 10.0 Å². The van der Waals surface area contributed by atoms with Gasteiger partial charge in [0.05, 0.1) is 6.61 Å². The first kappa shape index (κ1) is 21.4. The molecule has 2 rings (SSSR count). The standard InChI is InChI=1S/C20H24BrCl2NO2/c1-3-5-8-24-12-15-9-19(25-4-2)20(11-17(15)21)26-13-14-6-7-16(22)10-18(14)23/h6-7,9-11,24H,3-5,8,12-13H2,1-2H3. The maximum Gasteiger partial charge on any atom is 0.162 e. The van der Waals surface area contributed by atoms with Crippen LogP contribution in [0.5, 0.6) is 11.5 Å². The van der Waals surface area contributed by atoms with E-state index in [0.717, 1.165) is 34.4 Å². The summed E-state index contributed by atoms with van der Waals surface area (Å²) in [5.74, 6) is 1.41. The summed E-state index contributed by atoms with van der Waals surface area (Å²) in [6, 6.07) is 9.35. The van der Waals surface area contributed by atoms with Gasteiger partial charge in [0.1, 0.15) is 6.61 Å². The Morgan fingerprint density at radius 2 is 1.77 bits per heavy atom. The Morgan fingerprint density at radius 3 is 2.46 bits per heavy atom. The first-order chi connectivity index (χ1) is 12.5. The van der Waals surface area contributed by atoms with Crippen molar-refractivity contribution in [2.45, 2.75) is 39.8 Å². The number of unbranched alkanes of at least 4 members (excludes halogenated alkanes) is 1. The van der Waals surface area contributed by atoms with E-state index >= 15 is 0 Å². The molecule has 26 heavy (non-hydrogen) atoms. The molecule has 3 nitrogen and oxygen atoms in total. The van der Waals surface area contributed by atoms with Gasteiger partial charge in [-0.15, -0.1) is 0 Å². The van der Waals surface area contributed by atoms with Crippen molar-refractivity contribution in [3.8, 4) is 11.5 Å². The van der Waals surface area contributed by atoms with E-state index in [-0.39, 0.29) is 0 Å². The zero-order valence-electron chi connectivity index (χ0n) is 15.1. The SMILES string of the molecule is CCCCNCc1cc(OCC)c(OCc2ccc(Cl)cc2Cl)cc1Br. The average Bonchev–Trinajstić information content (AvgIpc) is 2.61. The number of rotatable bonds is 10. The molecule has 0 aliphatic rings. The molecule has 0 atom stereocenters. The van der Waals surface area contributed by atoms with Gasteiger partial charge in [0, 0.05) is 26.6 Å². The topological polar surface area (TPSA) is 30.5 Å². The van der Waals surface area contributed by atoms with E-state index in [1.54, 1.807) is 12.1 Å². The molecule has 0 saturated carbocycles. The first-order valence-electron chi connectivity index (χ1n) is 8.77. The van der Waals surface area contributed by atoms with Crippen LogP contribution in [0.4, 0.5) is 0 Å². The van der Waals surface area contributed by atoms with Crippen LogP contribution in [0, 0.1) is 0 Å². The Hall–Kier alpha value is -0.940. The van der Waals surface area contributed by atoms with Gasteiger partial charge in [-0.1, -0.05) is 58.5 Å².